The molecule has 1 atom stereocenters. The fourth-order valence-corrected chi connectivity index (χ4v) is 2.28. The Kier molecular flexibility index (Phi) is 3.44. The molecular weight excluding hydrogens is 188 g/mol. The maximum Gasteiger partial charge on any atom is 0.120 e. The van der Waals surface area contributed by atoms with Crippen LogP contribution in [0.1, 0.15) is 31.6 Å². The van der Waals surface area contributed by atoms with Crippen LogP contribution in [0.5, 0.6) is 0 Å². The Morgan fingerprint density at radius 3 is 2.73 bits per heavy atom. The average molecular weight is 208 g/mol. The van der Waals surface area contributed by atoms with Crippen LogP contribution in [0, 0.1) is 0 Å². The van der Waals surface area contributed by atoms with E-state index in [-0.39, 0.29) is 0 Å². The smallest absolute Gasteiger partial charge is 0.120 e. The van der Waals surface area contributed by atoms with E-state index in [1.54, 1.807) is 6.26 Å². The number of furan rings is 1. The monoisotopic (exact) mass is 208 g/mol. The summed E-state index contributed by atoms with van der Waals surface area (Å²) in [5, 5.41) is 3.35. The van der Waals surface area contributed by atoms with Gasteiger partial charge in [-0.2, -0.15) is 0 Å². The minimum Gasteiger partial charge on any atom is -0.468 e. The Morgan fingerprint density at radius 2 is 2.20 bits per heavy atom. The van der Waals surface area contributed by atoms with Crippen LogP contribution in [0.3, 0.4) is 0 Å². The van der Waals surface area contributed by atoms with Gasteiger partial charge in [-0.05, 0) is 38.9 Å². The van der Waals surface area contributed by atoms with Crippen LogP contribution < -0.4 is 5.32 Å². The van der Waals surface area contributed by atoms with E-state index >= 15 is 0 Å². The van der Waals surface area contributed by atoms with Gasteiger partial charge >= 0.3 is 0 Å². The third kappa shape index (κ3) is 2.41. The Hall–Kier alpha value is -0.800. The Morgan fingerprint density at radius 1 is 1.47 bits per heavy atom. The summed E-state index contributed by atoms with van der Waals surface area (Å²) in [5.41, 5.74) is 0. The SMILES string of the molecule is CNC1CCN(C(C)c2ccco2)CC1. The summed E-state index contributed by atoms with van der Waals surface area (Å²) in [7, 11) is 2.05. The van der Waals surface area contributed by atoms with Crippen LogP contribution in [0.15, 0.2) is 22.8 Å². The third-order valence-corrected chi connectivity index (χ3v) is 3.44. The Labute approximate surface area is 91.4 Å². The van der Waals surface area contributed by atoms with Gasteiger partial charge < -0.3 is 9.73 Å². The second kappa shape index (κ2) is 4.81. The van der Waals surface area contributed by atoms with E-state index in [1.807, 2.05) is 6.07 Å². The van der Waals surface area contributed by atoms with Gasteiger partial charge in [-0.25, -0.2) is 0 Å². The van der Waals surface area contributed by atoms with E-state index in [1.165, 1.54) is 12.8 Å². The number of nitrogens with zero attached hydrogens (tertiary/aromatic N) is 1. The Bertz CT molecular complexity index is 276. The molecule has 1 N–H and O–H groups in total. The summed E-state index contributed by atoms with van der Waals surface area (Å²) in [5.74, 6) is 1.08. The highest BCUT2D eigenvalue weighted by molar-refractivity contribution is 5.04. The predicted molar refractivity (Wildman–Crippen MR) is 60.8 cm³/mol. The van der Waals surface area contributed by atoms with Gasteiger partial charge in [0.25, 0.3) is 0 Å². The zero-order valence-corrected chi connectivity index (χ0v) is 9.57. The van der Waals surface area contributed by atoms with Crippen LogP contribution >= 0.6 is 0 Å². The normalized spacial score (nSPS) is 21.7. The van der Waals surface area contributed by atoms with Crippen LogP contribution in [0.2, 0.25) is 0 Å². The highest BCUT2D eigenvalue weighted by Crippen LogP contribution is 2.24. The molecule has 3 nitrogen and oxygen atoms in total. The van der Waals surface area contributed by atoms with Crippen molar-refractivity contribution in [3.05, 3.63) is 24.2 Å². The largest absolute Gasteiger partial charge is 0.468 e. The maximum absolute atomic E-state index is 5.44. The molecule has 1 aromatic rings. The molecule has 0 spiro atoms. The molecule has 0 saturated carbocycles. The molecule has 2 heterocycles. The number of rotatable bonds is 3. The lowest BCUT2D eigenvalue weighted by Gasteiger charge is -2.35. The molecule has 3 heteroatoms. The first-order valence-corrected chi connectivity index (χ1v) is 5.76. The molecule has 1 aliphatic rings. The highest BCUT2D eigenvalue weighted by atomic mass is 16.3. The van der Waals surface area contributed by atoms with Crippen molar-refractivity contribution in [2.75, 3.05) is 20.1 Å². The predicted octanol–water partition coefficient (Wildman–Crippen LogP) is 2.02. The van der Waals surface area contributed by atoms with Gasteiger partial charge in [0.2, 0.25) is 0 Å². The molecule has 0 aromatic carbocycles. The van der Waals surface area contributed by atoms with E-state index in [9.17, 15) is 0 Å². The quantitative estimate of drug-likeness (QED) is 0.824. The van der Waals surface area contributed by atoms with Gasteiger partial charge in [-0.15, -0.1) is 0 Å². The summed E-state index contributed by atoms with van der Waals surface area (Å²) in [6.45, 7) is 4.54. The van der Waals surface area contributed by atoms with Crippen molar-refractivity contribution >= 4 is 0 Å². The number of hydrogen-bond donors (Lipinski definition) is 1. The molecule has 1 unspecified atom stereocenters. The summed E-state index contributed by atoms with van der Waals surface area (Å²) < 4.78 is 5.44. The van der Waals surface area contributed by atoms with Gasteiger partial charge in [0.1, 0.15) is 5.76 Å². The molecule has 0 aliphatic carbocycles. The zero-order valence-electron chi connectivity index (χ0n) is 9.57. The second-order valence-corrected chi connectivity index (χ2v) is 4.29. The highest BCUT2D eigenvalue weighted by Gasteiger charge is 2.23. The van der Waals surface area contributed by atoms with Crippen LogP contribution in [-0.2, 0) is 0 Å². The lowest BCUT2D eigenvalue weighted by molar-refractivity contribution is 0.140. The standard InChI is InChI=1S/C12H20N2O/c1-10(12-4-3-9-15-12)14-7-5-11(13-2)6-8-14/h3-4,9-11,13H,5-8H2,1-2H3. The van der Waals surface area contributed by atoms with Crippen molar-refractivity contribution in [2.24, 2.45) is 0 Å². The molecular formula is C12H20N2O. The number of likely N-dealkylation sites (tertiary alicyclic amines) is 1. The van der Waals surface area contributed by atoms with E-state index in [0.29, 0.717) is 12.1 Å². The average Bonchev–Trinajstić information content (AvgIpc) is 2.82. The lowest BCUT2D eigenvalue weighted by atomic mass is 10.0. The molecule has 1 aromatic heterocycles. The van der Waals surface area contributed by atoms with Crippen molar-refractivity contribution in [3.63, 3.8) is 0 Å². The van der Waals surface area contributed by atoms with Crippen LogP contribution in [-0.4, -0.2) is 31.1 Å². The Balaban J connectivity index is 1.90. The van der Waals surface area contributed by atoms with Crippen molar-refractivity contribution in [3.8, 4) is 0 Å². The summed E-state index contributed by atoms with van der Waals surface area (Å²) in [6, 6.07) is 5.14. The summed E-state index contributed by atoms with van der Waals surface area (Å²) in [4.78, 5) is 2.49. The minimum atomic E-state index is 0.415. The molecule has 0 amide bonds. The molecule has 2 rings (SSSR count). The van der Waals surface area contributed by atoms with E-state index in [2.05, 4.69) is 30.3 Å². The van der Waals surface area contributed by atoms with Crippen molar-refractivity contribution in [1.29, 1.82) is 0 Å². The van der Waals surface area contributed by atoms with Crippen molar-refractivity contribution in [2.45, 2.75) is 31.8 Å². The van der Waals surface area contributed by atoms with Gasteiger partial charge in [-0.1, -0.05) is 0 Å². The molecule has 0 bridgehead atoms. The molecule has 0 radical (unpaired) electrons. The zero-order chi connectivity index (χ0) is 10.7. The van der Waals surface area contributed by atoms with Crippen molar-refractivity contribution < 1.29 is 4.42 Å². The first-order chi connectivity index (χ1) is 7.31. The summed E-state index contributed by atoms with van der Waals surface area (Å²) in [6.07, 6.45) is 4.23. The van der Waals surface area contributed by atoms with Gasteiger partial charge in [-0.3, -0.25) is 4.90 Å². The molecule has 1 aliphatic heterocycles. The van der Waals surface area contributed by atoms with E-state index < -0.39 is 0 Å². The number of nitrogens with one attached hydrogen (secondary N) is 1. The molecule has 1 saturated heterocycles. The fraction of sp³-hybridized carbons (Fsp3) is 0.667. The summed E-state index contributed by atoms with van der Waals surface area (Å²) >= 11 is 0. The van der Waals surface area contributed by atoms with Gasteiger partial charge in [0, 0.05) is 19.1 Å². The third-order valence-electron chi connectivity index (χ3n) is 3.44. The van der Waals surface area contributed by atoms with Crippen LogP contribution in [0.25, 0.3) is 0 Å². The molecule has 84 valence electrons. The molecule has 15 heavy (non-hydrogen) atoms. The van der Waals surface area contributed by atoms with Crippen molar-refractivity contribution in [1.82, 2.24) is 10.2 Å². The maximum atomic E-state index is 5.44. The first-order valence-electron chi connectivity index (χ1n) is 5.76. The van der Waals surface area contributed by atoms with Gasteiger partial charge in [0.15, 0.2) is 0 Å². The van der Waals surface area contributed by atoms with E-state index in [0.717, 1.165) is 18.8 Å². The van der Waals surface area contributed by atoms with E-state index in [4.69, 9.17) is 4.42 Å². The molecule has 1 fully saturated rings. The first kappa shape index (κ1) is 10.7. The number of hydrogen-bond acceptors (Lipinski definition) is 3. The fourth-order valence-electron chi connectivity index (χ4n) is 2.28. The number of piperidine rings is 1. The minimum absolute atomic E-state index is 0.415. The second-order valence-electron chi connectivity index (χ2n) is 4.29. The topological polar surface area (TPSA) is 28.4 Å². The van der Waals surface area contributed by atoms with Crippen LogP contribution in [0.4, 0.5) is 0 Å². The lowest BCUT2D eigenvalue weighted by Crippen LogP contribution is -2.42. The van der Waals surface area contributed by atoms with Gasteiger partial charge in [0.05, 0.1) is 12.3 Å².